The first-order chi connectivity index (χ1) is 7.33. The molecule has 1 unspecified atom stereocenters. The average molecular weight is 208 g/mol. The molecule has 1 aliphatic rings. The van der Waals surface area contributed by atoms with Crippen molar-refractivity contribution in [2.24, 2.45) is 0 Å². The van der Waals surface area contributed by atoms with Gasteiger partial charge in [0.1, 0.15) is 6.33 Å². The zero-order valence-corrected chi connectivity index (χ0v) is 9.10. The molecule has 0 aliphatic carbocycles. The Bertz CT molecular complexity index is 331. The van der Waals surface area contributed by atoms with E-state index < -0.39 is 0 Å². The van der Waals surface area contributed by atoms with Crippen molar-refractivity contribution < 1.29 is 4.74 Å². The Morgan fingerprint density at radius 1 is 1.60 bits per heavy atom. The highest BCUT2D eigenvalue weighted by atomic mass is 16.5. The van der Waals surface area contributed by atoms with Crippen LogP contribution in [0.2, 0.25) is 0 Å². The van der Waals surface area contributed by atoms with Crippen LogP contribution in [-0.2, 0) is 0 Å². The molecule has 1 saturated heterocycles. The van der Waals surface area contributed by atoms with E-state index in [0.29, 0.717) is 6.04 Å². The fraction of sp³-hybridized carbons (Fsp3) is 0.600. The second-order valence-electron chi connectivity index (χ2n) is 3.66. The molecule has 0 amide bonds. The van der Waals surface area contributed by atoms with E-state index in [2.05, 4.69) is 27.1 Å². The average Bonchev–Trinajstić information content (AvgIpc) is 2.30. The van der Waals surface area contributed by atoms with E-state index in [4.69, 9.17) is 4.74 Å². The molecule has 0 bridgehead atoms. The number of aromatic nitrogens is 2. The number of rotatable bonds is 2. The largest absolute Gasteiger partial charge is 0.491 e. The summed E-state index contributed by atoms with van der Waals surface area (Å²) in [5.74, 6) is 1.63. The number of nitrogens with one attached hydrogen (secondary N) is 1. The van der Waals surface area contributed by atoms with Gasteiger partial charge in [0, 0.05) is 25.7 Å². The monoisotopic (exact) mass is 208 g/mol. The Kier molecular flexibility index (Phi) is 3.01. The molecule has 5 nitrogen and oxygen atoms in total. The van der Waals surface area contributed by atoms with Crippen molar-refractivity contribution >= 4 is 5.82 Å². The van der Waals surface area contributed by atoms with Crippen LogP contribution in [0.3, 0.4) is 0 Å². The highest BCUT2D eigenvalue weighted by molar-refractivity contribution is 5.51. The number of nitrogens with zero attached hydrogens (tertiary/aromatic N) is 3. The normalized spacial score (nSPS) is 21.5. The van der Waals surface area contributed by atoms with Crippen LogP contribution in [0.25, 0.3) is 0 Å². The van der Waals surface area contributed by atoms with Crippen LogP contribution in [0.1, 0.15) is 6.92 Å². The van der Waals surface area contributed by atoms with E-state index >= 15 is 0 Å². The highest BCUT2D eigenvalue weighted by Gasteiger charge is 2.22. The zero-order chi connectivity index (χ0) is 10.7. The van der Waals surface area contributed by atoms with Gasteiger partial charge in [0.05, 0.1) is 13.3 Å². The summed E-state index contributed by atoms with van der Waals surface area (Å²) in [7, 11) is 1.65. The number of piperazine rings is 1. The van der Waals surface area contributed by atoms with Gasteiger partial charge < -0.3 is 15.0 Å². The van der Waals surface area contributed by atoms with Gasteiger partial charge in [-0.05, 0) is 6.92 Å². The molecule has 2 rings (SSSR count). The maximum Gasteiger partial charge on any atom is 0.179 e. The number of hydrogen-bond donors (Lipinski definition) is 1. The molecule has 15 heavy (non-hydrogen) atoms. The standard InChI is InChI=1S/C10H16N4O/c1-8-5-11-3-4-14(8)10-9(15-2)6-12-7-13-10/h6-8,11H,3-5H2,1-2H3. The lowest BCUT2D eigenvalue weighted by Crippen LogP contribution is -2.50. The summed E-state index contributed by atoms with van der Waals surface area (Å²) in [6.45, 7) is 5.09. The summed E-state index contributed by atoms with van der Waals surface area (Å²) < 4.78 is 5.26. The first kappa shape index (κ1) is 10.2. The van der Waals surface area contributed by atoms with Gasteiger partial charge in [0.25, 0.3) is 0 Å². The van der Waals surface area contributed by atoms with Gasteiger partial charge in [-0.1, -0.05) is 0 Å². The van der Waals surface area contributed by atoms with E-state index in [-0.39, 0.29) is 0 Å². The van der Waals surface area contributed by atoms with Crippen molar-refractivity contribution in [2.45, 2.75) is 13.0 Å². The third-order valence-corrected chi connectivity index (χ3v) is 2.65. The van der Waals surface area contributed by atoms with E-state index in [9.17, 15) is 0 Å². The maximum absolute atomic E-state index is 5.26. The van der Waals surface area contributed by atoms with Crippen LogP contribution in [-0.4, -0.2) is 42.8 Å². The molecular formula is C10H16N4O. The predicted molar refractivity (Wildman–Crippen MR) is 58.3 cm³/mol. The Labute approximate surface area is 89.5 Å². The summed E-state index contributed by atoms with van der Waals surface area (Å²) >= 11 is 0. The smallest absolute Gasteiger partial charge is 0.179 e. The molecule has 1 aromatic heterocycles. The highest BCUT2D eigenvalue weighted by Crippen LogP contribution is 2.25. The Morgan fingerprint density at radius 2 is 2.47 bits per heavy atom. The lowest BCUT2D eigenvalue weighted by molar-refractivity contribution is 0.404. The van der Waals surface area contributed by atoms with Gasteiger partial charge in [-0.3, -0.25) is 0 Å². The molecule has 0 radical (unpaired) electrons. The lowest BCUT2D eigenvalue weighted by Gasteiger charge is -2.35. The molecule has 1 N–H and O–H groups in total. The van der Waals surface area contributed by atoms with Crippen molar-refractivity contribution in [3.63, 3.8) is 0 Å². The van der Waals surface area contributed by atoms with Crippen molar-refractivity contribution in [1.29, 1.82) is 0 Å². The van der Waals surface area contributed by atoms with Crippen LogP contribution >= 0.6 is 0 Å². The lowest BCUT2D eigenvalue weighted by atomic mass is 10.2. The van der Waals surface area contributed by atoms with Crippen LogP contribution in [0.15, 0.2) is 12.5 Å². The van der Waals surface area contributed by atoms with Gasteiger partial charge in [-0.25, -0.2) is 9.97 Å². The first-order valence-corrected chi connectivity index (χ1v) is 5.14. The van der Waals surface area contributed by atoms with Crippen LogP contribution in [0.4, 0.5) is 5.82 Å². The summed E-state index contributed by atoms with van der Waals surface area (Å²) in [4.78, 5) is 10.5. The second-order valence-corrected chi connectivity index (χ2v) is 3.66. The number of ether oxygens (including phenoxy) is 1. The van der Waals surface area contributed by atoms with Gasteiger partial charge in [-0.2, -0.15) is 0 Å². The van der Waals surface area contributed by atoms with Crippen molar-refractivity contribution in [1.82, 2.24) is 15.3 Å². The molecule has 0 aromatic carbocycles. The van der Waals surface area contributed by atoms with E-state index in [0.717, 1.165) is 31.2 Å². The summed E-state index contributed by atoms with van der Waals surface area (Å²) in [5, 5.41) is 3.35. The van der Waals surface area contributed by atoms with Crippen LogP contribution in [0, 0.1) is 0 Å². The van der Waals surface area contributed by atoms with Gasteiger partial charge >= 0.3 is 0 Å². The number of methoxy groups -OCH3 is 1. The van der Waals surface area contributed by atoms with Crippen LogP contribution in [0.5, 0.6) is 5.75 Å². The topological polar surface area (TPSA) is 50.3 Å². The zero-order valence-electron chi connectivity index (χ0n) is 9.10. The fourth-order valence-electron chi connectivity index (χ4n) is 1.83. The Hall–Kier alpha value is -1.36. The summed E-state index contributed by atoms with van der Waals surface area (Å²) in [6, 6.07) is 0.433. The van der Waals surface area contributed by atoms with E-state index in [1.807, 2.05) is 0 Å². The Morgan fingerprint density at radius 3 is 3.20 bits per heavy atom. The van der Waals surface area contributed by atoms with E-state index in [1.54, 1.807) is 19.6 Å². The predicted octanol–water partition coefficient (Wildman–Crippen LogP) is 0.283. The third-order valence-electron chi connectivity index (χ3n) is 2.65. The fourth-order valence-corrected chi connectivity index (χ4v) is 1.83. The molecule has 2 heterocycles. The Balaban J connectivity index is 2.26. The minimum Gasteiger partial charge on any atom is -0.491 e. The van der Waals surface area contributed by atoms with E-state index in [1.165, 1.54) is 0 Å². The molecular weight excluding hydrogens is 192 g/mol. The molecule has 1 atom stereocenters. The molecule has 82 valence electrons. The first-order valence-electron chi connectivity index (χ1n) is 5.14. The number of hydrogen-bond acceptors (Lipinski definition) is 5. The van der Waals surface area contributed by atoms with Crippen molar-refractivity contribution in [3.8, 4) is 5.75 Å². The second kappa shape index (κ2) is 4.44. The maximum atomic E-state index is 5.26. The molecule has 0 spiro atoms. The minimum absolute atomic E-state index is 0.433. The molecule has 1 aromatic rings. The van der Waals surface area contributed by atoms with Gasteiger partial charge in [0.2, 0.25) is 0 Å². The summed E-state index contributed by atoms with van der Waals surface area (Å²) in [6.07, 6.45) is 3.27. The van der Waals surface area contributed by atoms with Crippen LogP contribution < -0.4 is 15.0 Å². The quantitative estimate of drug-likeness (QED) is 0.756. The number of anilines is 1. The minimum atomic E-state index is 0.433. The molecule has 1 aliphatic heterocycles. The van der Waals surface area contributed by atoms with Crippen molar-refractivity contribution in [2.75, 3.05) is 31.6 Å². The molecule has 0 saturated carbocycles. The summed E-state index contributed by atoms with van der Waals surface area (Å²) in [5.41, 5.74) is 0. The van der Waals surface area contributed by atoms with Gasteiger partial charge in [0.15, 0.2) is 11.6 Å². The molecule has 5 heteroatoms. The molecule has 1 fully saturated rings. The third kappa shape index (κ3) is 2.02. The van der Waals surface area contributed by atoms with Crippen molar-refractivity contribution in [3.05, 3.63) is 12.5 Å². The van der Waals surface area contributed by atoms with Gasteiger partial charge in [-0.15, -0.1) is 0 Å². The SMILES string of the molecule is COc1cncnc1N1CCNCC1C.